The largest absolute Gasteiger partial charge is 0.315 e. The molecule has 0 aromatic carbocycles. The van der Waals surface area contributed by atoms with Crippen molar-refractivity contribution in [2.75, 3.05) is 6.54 Å². The zero-order valence-corrected chi connectivity index (χ0v) is 11.6. The molecule has 2 N–H and O–H groups in total. The van der Waals surface area contributed by atoms with Gasteiger partial charge in [-0.05, 0) is 25.7 Å². The first-order valence-electron chi connectivity index (χ1n) is 5.63. The maximum atomic E-state index is 12.4. The molecule has 0 bridgehead atoms. The number of aryl methyl sites for hydroxylation is 1. The molecule has 1 aliphatic rings. The quantitative estimate of drug-likeness (QED) is 0.878. The van der Waals surface area contributed by atoms with Crippen LogP contribution < -0.4 is 5.73 Å². The summed E-state index contributed by atoms with van der Waals surface area (Å²) in [5.41, 5.74) is 5.98. The molecule has 2 atom stereocenters. The van der Waals surface area contributed by atoms with Crippen molar-refractivity contribution in [3.8, 4) is 0 Å². The van der Waals surface area contributed by atoms with Crippen LogP contribution in [-0.4, -0.2) is 30.4 Å². The lowest BCUT2D eigenvalue weighted by Crippen LogP contribution is -2.52. The van der Waals surface area contributed by atoms with E-state index in [1.807, 2.05) is 6.92 Å². The molecular formula is C10H17N3O2S2. The Kier molecular flexibility index (Phi) is 3.53. The van der Waals surface area contributed by atoms with Crippen molar-refractivity contribution >= 4 is 21.4 Å². The Balaban J connectivity index is 2.32. The predicted octanol–water partition coefficient (Wildman–Crippen LogP) is 1.16. The topological polar surface area (TPSA) is 76.3 Å². The number of hydrogen-bond donors (Lipinski definition) is 1. The summed E-state index contributed by atoms with van der Waals surface area (Å²) in [7, 11) is -3.46. The van der Waals surface area contributed by atoms with Gasteiger partial charge >= 0.3 is 0 Å². The minimum atomic E-state index is -3.46. The second-order valence-corrected chi connectivity index (χ2v) is 7.78. The second-order valence-electron chi connectivity index (χ2n) is 4.42. The van der Waals surface area contributed by atoms with Crippen LogP contribution in [0.15, 0.2) is 10.4 Å². The number of nitrogens with two attached hydrogens (primary N) is 1. The maximum Gasteiger partial charge on any atom is 0.255 e. The van der Waals surface area contributed by atoms with Crippen LogP contribution in [0.4, 0.5) is 0 Å². The van der Waals surface area contributed by atoms with Gasteiger partial charge in [-0.25, -0.2) is 13.4 Å². The van der Waals surface area contributed by atoms with E-state index in [0.717, 1.165) is 17.8 Å². The summed E-state index contributed by atoms with van der Waals surface area (Å²) in [6.07, 6.45) is 2.85. The van der Waals surface area contributed by atoms with Crippen LogP contribution in [0.3, 0.4) is 0 Å². The fourth-order valence-corrected chi connectivity index (χ4v) is 4.92. The van der Waals surface area contributed by atoms with Crippen LogP contribution in [-0.2, 0) is 10.0 Å². The van der Waals surface area contributed by atoms with Crippen LogP contribution in [0, 0.1) is 12.8 Å². The highest BCUT2D eigenvalue weighted by Crippen LogP contribution is 2.28. The Bertz CT molecular complexity index is 497. The molecule has 1 aromatic rings. The molecule has 0 radical (unpaired) electrons. The third-order valence-electron chi connectivity index (χ3n) is 3.12. The summed E-state index contributed by atoms with van der Waals surface area (Å²) >= 11 is 1.20. The molecule has 1 aliphatic heterocycles. The zero-order chi connectivity index (χ0) is 12.6. The zero-order valence-electron chi connectivity index (χ0n) is 9.96. The first-order valence-corrected chi connectivity index (χ1v) is 7.88. The SMILES string of the molecule is Cc1ncc(S(=O)(=O)N2CCCC(C)C2N)s1. The van der Waals surface area contributed by atoms with Gasteiger partial charge in [0.1, 0.15) is 0 Å². The van der Waals surface area contributed by atoms with Crippen LogP contribution >= 0.6 is 11.3 Å². The lowest BCUT2D eigenvalue weighted by molar-refractivity contribution is 0.192. The van der Waals surface area contributed by atoms with E-state index in [9.17, 15) is 8.42 Å². The van der Waals surface area contributed by atoms with E-state index in [4.69, 9.17) is 5.73 Å². The molecule has 5 nitrogen and oxygen atoms in total. The molecule has 1 saturated heterocycles. The van der Waals surface area contributed by atoms with Gasteiger partial charge in [-0.2, -0.15) is 4.31 Å². The van der Waals surface area contributed by atoms with E-state index in [0.29, 0.717) is 10.8 Å². The van der Waals surface area contributed by atoms with Crippen molar-refractivity contribution in [3.63, 3.8) is 0 Å². The number of aromatic nitrogens is 1. The number of piperidine rings is 1. The van der Waals surface area contributed by atoms with Gasteiger partial charge in [0.2, 0.25) is 0 Å². The molecule has 17 heavy (non-hydrogen) atoms. The van der Waals surface area contributed by atoms with Gasteiger partial charge in [0.25, 0.3) is 10.0 Å². The van der Waals surface area contributed by atoms with Crippen LogP contribution in [0.25, 0.3) is 0 Å². The smallest absolute Gasteiger partial charge is 0.255 e. The Morgan fingerprint density at radius 2 is 2.29 bits per heavy atom. The molecule has 2 heterocycles. The number of sulfonamides is 1. The van der Waals surface area contributed by atoms with Crippen molar-refractivity contribution in [2.45, 2.75) is 37.1 Å². The van der Waals surface area contributed by atoms with Gasteiger partial charge in [0.15, 0.2) is 4.21 Å². The monoisotopic (exact) mass is 275 g/mol. The average Bonchev–Trinajstić information content (AvgIpc) is 2.69. The van der Waals surface area contributed by atoms with Crippen LogP contribution in [0.5, 0.6) is 0 Å². The van der Waals surface area contributed by atoms with Gasteiger partial charge in [0.05, 0.1) is 17.4 Å². The summed E-state index contributed by atoms with van der Waals surface area (Å²) in [5.74, 6) is 0.201. The van der Waals surface area contributed by atoms with Gasteiger partial charge in [-0.3, -0.25) is 0 Å². The number of nitrogens with zero attached hydrogens (tertiary/aromatic N) is 2. The third kappa shape index (κ3) is 2.37. The normalized spacial score (nSPS) is 27.2. The van der Waals surface area contributed by atoms with E-state index in [2.05, 4.69) is 4.98 Å². The van der Waals surface area contributed by atoms with Gasteiger partial charge in [0, 0.05) is 6.54 Å². The van der Waals surface area contributed by atoms with E-state index in [1.165, 1.54) is 21.8 Å². The summed E-state index contributed by atoms with van der Waals surface area (Å²) in [6.45, 7) is 4.29. The Labute approximate surface area is 106 Å². The minimum absolute atomic E-state index is 0.201. The predicted molar refractivity (Wildman–Crippen MR) is 67.1 cm³/mol. The molecule has 1 aromatic heterocycles. The first kappa shape index (κ1) is 12.9. The van der Waals surface area contributed by atoms with Crippen molar-refractivity contribution in [2.24, 2.45) is 11.7 Å². The molecule has 1 fully saturated rings. The molecule has 7 heteroatoms. The highest BCUT2D eigenvalue weighted by atomic mass is 32.2. The van der Waals surface area contributed by atoms with Gasteiger partial charge in [-0.1, -0.05) is 6.92 Å². The van der Waals surface area contributed by atoms with Crippen molar-refractivity contribution < 1.29 is 8.42 Å². The van der Waals surface area contributed by atoms with E-state index in [1.54, 1.807) is 6.92 Å². The van der Waals surface area contributed by atoms with Crippen molar-refractivity contribution in [3.05, 3.63) is 11.2 Å². The third-order valence-corrected chi connectivity index (χ3v) is 6.36. The fraction of sp³-hybridized carbons (Fsp3) is 0.700. The lowest BCUT2D eigenvalue weighted by Gasteiger charge is -2.35. The minimum Gasteiger partial charge on any atom is -0.315 e. The Morgan fingerprint density at radius 3 is 2.88 bits per heavy atom. The molecule has 0 spiro atoms. The Morgan fingerprint density at radius 1 is 1.59 bits per heavy atom. The van der Waals surface area contributed by atoms with Crippen molar-refractivity contribution in [1.29, 1.82) is 0 Å². The van der Waals surface area contributed by atoms with E-state index >= 15 is 0 Å². The molecule has 0 aliphatic carbocycles. The summed E-state index contributed by atoms with van der Waals surface area (Å²) < 4.78 is 26.4. The van der Waals surface area contributed by atoms with Gasteiger partial charge < -0.3 is 5.73 Å². The number of rotatable bonds is 2. The standard InChI is InChI=1S/C10H17N3O2S2/c1-7-4-3-5-13(10(7)11)17(14,15)9-6-12-8(2)16-9/h6-7,10H,3-5,11H2,1-2H3. The van der Waals surface area contributed by atoms with Crippen LogP contribution in [0.1, 0.15) is 24.8 Å². The van der Waals surface area contributed by atoms with E-state index < -0.39 is 16.2 Å². The van der Waals surface area contributed by atoms with Crippen molar-refractivity contribution in [1.82, 2.24) is 9.29 Å². The van der Waals surface area contributed by atoms with Gasteiger partial charge in [-0.15, -0.1) is 11.3 Å². The highest BCUT2D eigenvalue weighted by molar-refractivity contribution is 7.91. The first-order chi connectivity index (χ1) is 7.93. The second kappa shape index (κ2) is 4.64. The van der Waals surface area contributed by atoms with Crippen LogP contribution in [0.2, 0.25) is 0 Å². The van der Waals surface area contributed by atoms with E-state index in [-0.39, 0.29) is 5.92 Å². The molecular weight excluding hydrogens is 258 g/mol. The molecule has 96 valence electrons. The summed E-state index contributed by atoms with van der Waals surface area (Å²) in [6, 6.07) is 0. The fourth-order valence-electron chi connectivity index (χ4n) is 2.03. The number of hydrogen-bond acceptors (Lipinski definition) is 5. The summed E-state index contributed by atoms with van der Waals surface area (Å²) in [5, 5.41) is 0.752. The lowest BCUT2D eigenvalue weighted by atomic mass is 9.99. The highest BCUT2D eigenvalue weighted by Gasteiger charge is 2.35. The molecule has 2 unspecified atom stereocenters. The molecule has 2 rings (SSSR count). The average molecular weight is 275 g/mol. The maximum absolute atomic E-state index is 12.4. The summed E-state index contributed by atoms with van der Waals surface area (Å²) in [4.78, 5) is 3.99. The Hall–Kier alpha value is -0.500. The molecule has 0 amide bonds. The number of thiazole rings is 1. The molecule has 0 saturated carbocycles.